The van der Waals surface area contributed by atoms with Gasteiger partial charge in [-0.05, 0) is 31.2 Å². The minimum atomic E-state index is -2.80. The summed E-state index contributed by atoms with van der Waals surface area (Å²) in [5.74, 6) is -0.604. The van der Waals surface area contributed by atoms with Gasteiger partial charge in [0.05, 0.1) is 17.5 Å². The van der Waals surface area contributed by atoms with E-state index in [2.05, 4.69) is 4.98 Å². The number of alkyl halides is 2. The van der Waals surface area contributed by atoms with E-state index in [0.717, 1.165) is 4.57 Å². The predicted molar refractivity (Wildman–Crippen MR) is 97.2 cm³/mol. The number of benzene rings is 2. The fourth-order valence-corrected chi connectivity index (χ4v) is 3.54. The third kappa shape index (κ3) is 4.44. The SMILES string of the molecule is CC(OC(=O)CCSc1ccccc1F)c1nc2ccccc2n1C(F)F. The van der Waals surface area contributed by atoms with E-state index in [9.17, 15) is 18.0 Å². The van der Waals surface area contributed by atoms with Gasteiger partial charge in [-0.25, -0.2) is 9.37 Å². The van der Waals surface area contributed by atoms with Crippen molar-refractivity contribution in [2.75, 3.05) is 5.75 Å². The summed E-state index contributed by atoms with van der Waals surface area (Å²) < 4.78 is 46.5. The molecule has 2 aromatic carbocycles. The average Bonchev–Trinajstić information content (AvgIpc) is 3.03. The van der Waals surface area contributed by atoms with Gasteiger partial charge in [0.15, 0.2) is 11.9 Å². The molecular weight excluding hydrogens is 377 g/mol. The number of imidazole rings is 1. The molecule has 0 aliphatic rings. The Morgan fingerprint density at radius 1 is 1.19 bits per heavy atom. The second-order valence-corrected chi connectivity index (χ2v) is 6.90. The lowest BCUT2D eigenvalue weighted by Gasteiger charge is -2.15. The molecule has 27 heavy (non-hydrogen) atoms. The second-order valence-electron chi connectivity index (χ2n) is 5.77. The first-order valence-electron chi connectivity index (χ1n) is 8.29. The van der Waals surface area contributed by atoms with Crippen LogP contribution in [0.2, 0.25) is 0 Å². The van der Waals surface area contributed by atoms with E-state index in [-0.39, 0.29) is 23.6 Å². The summed E-state index contributed by atoms with van der Waals surface area (Å²) in [6.45, 7) is -1.30. The normalized spacial score (nSPS) is 12.5. The number of ether oxygens (including phenoxy) is 1. The summed E-state index contributed by atoms with van der Waals surface area (Å²) in [6.07, 6.45) is -0.907. The number of esters is 1. The van der Waals surface area contributed by atoms with Gasteiger partial charge in [0, 0.05) is 10.6 Å². The Balaban J connectivity index is 1.64. The highest BCUT2D eigenvalue weighted by Gasteiger charge is 2.24. The zero-order chi connectivity index (χ0) is 19.4. The molecule has 3 rings (SSSR count). The monoisotopic (exact) mass is 394 g/mol. The second kappa shape index (κ2) is 8.47. The lowest BCUT2D eigenvalue weighted by molar-refractivity contribution is -0.148. The fraction of sp³-hybridized carbons (Fsp3) is 0.263. The van der Waals surface area contributed by atoms with Crippen LogP contribution in [0.4, 0.5) is 13.2 Å². The Labute approximate surface area is 158 Å². The molecule has 0 saturated heterocycles. The van der Waals surface area contributed by atoms with Crippen molar-refractivity contribution < 1.29 is 22.7 Å². The number of aromatic nitrogens is 2. The van der Waals surface area contributed by atoms with E-state index in [1.54, 1.807) is 36.4 Å². The van der Waals surface area contributed by atoms with Crippen molar-refractivity contribution in [1.29, 1.82) is 0 Å². The molecule has 0 saturated carbocycles. The van der Waals surface area contributed by atoms with Crippen LogP contribution in [0.1, 0.15) is 31.8 Å². The Kier molecular flexibility index (Phi) is 6.05. The Morgan fingerprint density at radius 3 is 2.63 bits per heavy atom. The van der Waals surface area contributed by atoms with E-state index in [1.807, 2.05) is 0 Å². The molecule has 0 bridgehead atoms. The Hall–Kier alpha value is -2.48. The van der Waals surface area contributed by atoms with Gasteiger partial charge < -0.3 is 4.74 Å². The molecule has 1 heterocycles. The van der Waals surface area contributed by atoms with Gasteiger partial charge in [0.25, 0.3) is 0 Å². The maximum absolute atomic E-state index is 13.5. The van der Waals surface area contributed by atoms with E-state index < -0.39 is 18.6 Å². The van der Waals surface area contributed by atoms with E-state index in [1.165, 1.54) is 30.8 Å². The maximum Gasteiger partial charge on any atom is 0.320 e. The molecular formula is C19H17F3N2O2S. The van der Waals surface area contributed by atoms with Crippen LogP contribution in [0, 0.1) is 5.82 Å². The Morgan fingerprint density at radius 2 is 1.89 bits per heavy atom. The lowest BCUT2D eigenvalue weighted by Crippen LogP contribution is -2.14. The van der Waals surface area contributed by atoms with Gasteiger partial charge in [0.1, 0.15) is 5.82 Å². The zero-order valence-electron chi connectivity index (χ0n) is 14.4. The first-order valence-corrected chi connectivity index (χ1v) is 9.27. The number of carbonyl (C=O) groups is 1. The molecule has 0 aliphatic heterocycles. The summed E-state index contributed by atoms with van der Waals surface area (Å²) in [7, 11) is 0. The van der Waals surface area contributed by atoms with Crippen molar-refractivity contribution >= 4 is 28.8 Å². The summed E-state index contributed by atoms with van der Waals surface area (Å²) in [5, 5.41) is 0. The van der Waals surface area contributed by atoms with Gasteiger partial charge in [-0.3, -0.25) is 9.36 Å². The first kappa shape index (κ1) is 19.3. The number of para-hydroxylation sites is 2. The lowest BCUT2D eigenvalue weighted by atomic mass is 10.3. The van der Waals surface area contributed by atoms with Crippen LogP contribution in [-0.2, 0) is 9.53 Å². The standard InChI is InChI=1S/C19H17F3N2O2S/c1-12(18-23-14-7-3-4-8-15(14)24(18)19(21)22)26-17(25)10-11-27-16-9-5-2-6-13(16)20/h2-9,12,19H,10-11H2,1H3. The minimum absolute atomic E-state index is 0.0127. The van der Waals surface area contributed by atoms with Gasteiger partial charge >= 0.3 is 12.5 Å². The van der Waals surface area contributed by atoms with Crippen LogP contribution in [0.25, 0.3) is 11.0 Å². The molecule has 0 radical (unpaired) electrons. The number of hydrogen-bond acceptors (Lipinski definition) is 4. The summed E-state index contributed by atoms with van der Waals surface area (Å²) in [6, 6.07) is 12.8. The summed E-state index contributed by atoms with van der Waals surface area (Å²) in [5.41, 5.74) is 0.686. The number of carbonyl (C=O) groups excluding carboxylic acids is 1. The number of rotatable bonds is 7. The summed E-state index contributed by atoms with van der Waals surface area (Å²) in [4.78, 5) is 16.7. The van der Waals surface area contributed by atoms with Crippen LogP contribution in [0.5, 0.6) is 0 Å². The minimum Gasteiger partial charge on any atom is -0.454 e. The molecule has 3 aromatic rings. The topological polar surface area (TPSA) is 44.1 Å². The number of nitrogens with zero attached hydrogens (tertiary/aromatic N) is 2. The van der Waals surface area contributed by atoms with Crippen LogP contribution >= 0.6 is 11.8 Å². The zero-order valence-corrected chi connectivity index (χ0v) is 15.3. The molecule has 0 fully saturated rings. The van der Waals surface area contributed by atoms with E-state index in [4.69, 9.17) is 4.74 Å². The van der Waals surface area contributed by atoms with Gasteiger partial charge in [-0.1, -0.05) is 24.3 Å². The van der Waals surface area contributed by atoms with Crippen LogP contribution in [-0.4, -0.2) is 21.3 Å². The first-order chi connectivity index (χ1) is 13.0. The third-order valence-electron chi connectivity index (χ3n) is 3.89. The predicted octanol–water partition coefficient (Wildman–Crippen LogP) is 5.36. The molecule has 142 valence electrons. The number of halogens is 3. The molecule has 8 heteroatoms. The number of fused-ring (bicyclic) bond motifs is 1. The third-order valence-corrected chi connectivity index (χ3v) is 4.94. The van der Waals surface area contributed by atoms with E-state index >= 15 is 0 Å². The molecule has 0 amide bonds. The highest BCUT2D eigenvalue weighted by atomic mass is 32.2. The van der Waals surface area contributed by atoms with Crippen molar-refractivity contribution in [2.45, 2.75) is 30.9 Å². The van der Waals surface area contributed by atoms with E-state index in [0.29, 0.717) is 16.2 Å². The van der Waals surface area contributed by atoms with Crippen LogP contribution in [0.3, 0.4) is 0 Å². The average molecular weight is 394 g/mol. The maximum atomic E-state index is 13.5. The highest BCUT2D eigenvalue weighted by Crippen LogP contribution is 2.28. The van der Waals surface area contributed by atoms with Crippen molar-refractivity contribution in [1.82, 2.24) is 9.55 Å². The fourth-order valence-electron chi connectivity index (χ4n) is 2.67. The van der Waals surface area contributed by atoms with Gasteiger partial charge in [-0.15, -0.1) is 11.8 Å². The van der Waals surface area contributed by atoms with Crippen molar-refractivity contribution in [3.63, 3.8) is 0 Å². The molecule has 4 nitrogen and oxygen atoms in total. The molecule has 1 aromatic heterocycles. The highest BCUT2D eigenvalue weighted by molar-refractivity contribution is 7.99. The molecule has 0 aliphatic carbocycles. The summed E-state index contributed by atoms with van der Waals surface area (Å²) >= 11 is 1.19. The molecule has 0 spiro atoms. The van der Waals surface area contributed by atoms with Crippen LogP contribution in [0.15, 0.2) is 53.4 Å². The largest absolute Gasteiger partial charge is 0.454 e. The van der Waals surface area contributed by atoms with Gasteiger partial charge in [0.2, 0.25) is 0 Å². The van der Waals surface area contributed by atoms with Crippen molar-refractivity contribution in [2.24, 2.45) is 0 Å². The number of hydrogen-bond donors (Lipinski definition) is 0. The Bertz CT molecular complexity index is 946. The molecule has 0 N–H and O–H groups in total. The molecule has 1 unspecified atom stereocenters. The van der Waals surface area contributed by atoms with Crippen molar-refractivity contribution in [3.05, 3.63) is 60.2 Å². The van der Waals surface area contributed by atoms with Crippen LogP contribution < -0.4 is 0 Å². The number of thioether (sulfide) groups is 1. The molecule has 1 atom stereocenters. The van der Waals surface area contributed by atoms with Gasteiger partial charge in [-0.2, -0.15) is 8.78 Å². The van der Waals surface area contributed by atoms with Crippen molar-refractivity contribution in [3.8, 4) is 0 Å². The quantitative estimate of drug-likeness (QED) is 0.400. The smallest absolute Gasteiger partial charge is 0.320 e.